The van der Waals surface area contributed by atoms with Crippen LogP contribution in [0.25, 0.3) is 0 Å². The Morgan fingerprint density at radius 2 is 2.38 bits per heavy atom. The van der Waals surface area contributed by atoms with E-state index >= 15 is 0 Å². The maximum Gasteiger partial charge on any atom is 0.401 e. The number of aliphatic hydroxyl groups excluding tert-OH is 1. The molecule has 3 rings (SSSR count). The van der Waals surface area contributed by atoms with E-state index in [1.165, 1.54) is 0 Å². The molecular formula is C13H20N3O2S3+. The Labute approximate surface area is 138 Å². The molecule has 4 atom stereocenters. The average Bonchev–Trinajstić information content (AvgIpc) is 2.84. The molecule has 2 N–H and O–H groups in total. The summed E-state index contributed by atoms with van der Waals surface area (Å²) in [5.41, 5.74) is 0. The Morgan fingerprint density at radius 1 is 1.67 bits per heavy atom. The van der Waals surface area contributed by atoms with Crippen molar-refractivity contribution in [3.8, 4) is 0 Å². The second-order valence-corrected chi connectivity index (χ2v) is 8.55. The first-order valence-corrected chi connectivity index (χ1v) is 9.54. The van der Waals surface area contributed by atoms with Gasteiger partial charge in [0.15, 0.2) is 12.1 Å². The number of hydrogen-bond donors (Lipinski definition) is 2. The number of amides is 1. The zero-order valence-corrected chi connectivity index (χ0v) is 14.3. The lowest BCUT2D eigenvalue weighted by atomic mass is 9.95. The van der Waals surface area contributed by atoms with E-state index in [0.29, 0.717) is 5.25 Å². The molecule has 0 spiro atoms. The number of β-lactam (4-membered cyclic amide) rings is 1. The first-order valence-electron chi connectivity index (χ1n) is 7.21. The van der Waals surface area contributed by atoms with Gasteiger partial charge in [0.1, 0.15) is 4.32 Å². The maximum atomic E-state index is 11.9. The molecule has 0 bridgehead atoms. The summed E-state index contributed by atoms with van der Waals surface area (Å²) in [5.74, 6) is 0.710. The van der Waals surface area contributed by atoms with Crippen LogP contribution in [0, 0.1) is 5.92 Å². The van der Waals surface area contributed by atoms with Gasteiger partial charge in [0.25, 0.3) is 0 Å². The van der Waals surface area contributed by atoms with Gasteiger partial charge in [-0.1, -0.05) is 35.7 Å². The predicted molar refractivity (Wildman–Crippen MR) is 91.2 cm³/mol. The number of piperazine rings is 1. The van der Waals surface area contributed by atoms with Crippen LogP contribution >= 0.6 is 35.7 Å². The standard InChI is InChI=1S/C13H20N3O2S3/c1-8(17)10-11(18)16-6-9(21-12(10)16)7-20-13(19)15-4-2-14-3-5-15/h6,8-10,12,14,17H,2-5,7H2,1H3/q+1/t8-,9?,10+,12-/m1/s1. The van der Waals surface area contributed by atoms with Crippen LogP contribution in [0.4, 0.5) is 0 Å². The molecule has 1 amide bonds. The summed E-state index contributed by atoms with van der Waals surface area (Å²) in [7, 11) is 0. The fourth-order valence-electron chi connectivity index (χ4n) is 2.83. The molecule has 2 saturated heterocycles. The van der Waals surface area contributed by atoms with Crippen LogP contribution in [0.2, 0.25) is 0 Å². The van der Waals surface area contributed by atoms with E-state index in [1.807, 2.05) is 6.21 Å². The molecule has 3 aliphatic rings. The van der Waals surface area contributed by atoms with Gasteiger partial charge in [0, 0.05) is 31.9 Å². The van der Waals surface area contributed by atoms with Crippen molar-refractivity contribution in [3.05, 3.63) is 0 Å². The molecule has 0 saturated carbocycles. The molecule has 0 aromatic carbocycles. The second-order valence-electron chi connectivity index (χ2n) is 5.54. The Hall–Kier alpha value is -0.150. The van der Waals surface area contributed by atoms with E-state index in [2.05, 4.69) is 10.2 Å². The fraction of sp³-hybridized carbons (Fsp3) is 0.769. The average molecular weight is 347 g/mol. The molecule has 1 unspecified atom stereocenters. The smallest absolute Gasteiger partial charge is 0.392 e. The van der Waals surface area contributed by atoms with E-state index in [-0.39, 0.29) is 17.2 Å². The molecular weight excluding hydrogens is 326 g/mol. The number of hydrogen-bond acceptors (Lipinski definition) is 6. The fourth-order valence-corrected chi connectivity index (χ4v) is 5.87. The number of thioether (sulfide) groups is 2. The zero-order chi connectivity index (χ0) is 15.0. The molecule has 8 heteroatoms. The second kappa shape index (κ2) is 6.54. The van der Waals surface area contributed by atoms with Crippen molar-refractivity contribution >= 4 is 52.2 Å². The van der Waals surface area contributed by atoms with Gasteiger partial charge in [-0.05, 0) is 6.92 Å². The summed E-state index contributed by atoms with van der Waals surface area (Å²) in [6, 6.07) is 0. The van der Waals surface area contributed by atoms with Crippen molar-refractivity contribution < 1.29 is 14.5 Å². The van der Waals surface area contributed by atoms with Gasteiger partial charge in [0.2, 0.25) is 5.37 Å². The van der Waals surface area contributed by atoms with Crippen LogP contribution in [0.3, 0.4) is 0 Å². The van der Waals surface area contributed by atoms with Crippen molar-refractivity contribution in [1.82, 2.24) is 10.2 Å². The highest BCUT2D eigenvalue weighted by molar-refractivity contribution is 8.23. The maximum absolute atomic E-state index is 11.9. The molecule has 0 aliphatic carbocycles. The summed E-state index contributed by atoms with van der Waals surface area (Å²) in [6.45, 7) is 5.63. The lowest BCUT2D eigenvalue weighted by Crippen LogP contribution is -2.55. The van der Waals surface area contributed by atoms with Gasteiger partial charge >= 0.3 is 5.91 Å². The van der Waals surface area contributed by atoms with Crippen LogP contribution < -0.4 is 5.32 Å². The summed E-state index contributed by atoms with van der Waals surface area (Å²) in [6.07, 6.45) is 1.44. The number of fused-ring (bicyclic) bond motifs is 1. The lowest BCUT2D eigenvalue weighted by Gasteiger charge is -2.29. The summed E-state index contributed by atoms with van der Waals surface area (Å²) >= 11 is 8.96. The van der Waals surface area contributed by atoms with E-state index in [1.54, 1.807) is 35.0 Å². The number of rotatable bonds is 3. The third kappa shape index (κ3) is 3.14. The molecule has 3 aliphatic heterocycles. The number of aliphatic hydroxyl groups is 1. The van der Waals surface area contributed by atoms with Crippen LogP contribution in [0.15, 0.2) is 0 Å². The van der Waals surface area contributed by atoms with Gasteiger partial charge in [-0.25, -0.2) is 4.79 Å². The third-order valence-electron chi connectivity index (χ3n) is 4.03. The first-order chi connectivity index (χ1) is 10.1. The normalized spacial score (nSPS) is 33.2. The monoisotopic (exact) mass is 346 g/mol. The van der Waals surface area contributed by atoms with E-state index < -0.39 is 6.10 Å². The SMILES string of the molecule is C[C@@H](O)[C@H]1C(=O)[N+]2=CC(CSC(=S)N3CCNCC3)S[C@H]12. The summed E-state index contributed by atoms with van der Waals surface area (Å²) in [5, 5.41) is 13.4. The number of thiocarbonyl (C=S) groups is 1. The van der Waals surface area contributed by atoms with Gasteiger partial charge in [0.05, 0.1) is 11.4 Å². The molecule has 5 nitrogen and oxygen atoms in total. The highest BCUT2D eigenvalue weighted by Crippen LogP contribution is 2.40. The number of nitrogens with one attached hydrogen (secondary N) is 1. The van der Waals surface area contributed by atoms with Crippen molar-refractivity contribution in [3.63, 3.8) is 0 Å². The van der Waals surface area contributed by atoms with Crippen LogP contribution in [0.1, 0.15) is 6.92 Å². The topological polar surface area (TPSA) is 55.6 Å². The van der Waals surface area contributed by atoms with E-state index in [9.17, 15) is 9.90 Å². The van der Waals surface area contributed by atoms with Crippen LogP contribution in [0.5, 0.6) is 0 Å². The Bertz CT molecular complexity index is 477. The highest BCUT2D eigenvalue weighted by atomic mass is 32.2. The molecule has 0 radical (unpaired) electrons. The van der Waals surface area contributed by atoms with Crippen molar-refractivity contribution in [1.29, 1.82) is 0 Å². The van der Waals surface area contributed by atoms with Gasteiger partial charge in [-0.15, -0.1) is 0 Å². The Morgan fingerprint density at radius 3 is 3.05 bits per heavy atom. The van der Waals surface area contributed by atoms with Gasteiger partial charge in [-0.3, -0.25) is 0 Å². The quantitative estimate of drug-likeness (QED) is 0.423. The van der Waals surface area contributed by atoms with Gasteiger partial charge < -0.3 is 15.3 Å². The molecule has 3 heterocycles. The van der Waals surface area contributed by atoms with Crippen molar-refractivity contribution in [2.45, 2.75) is 23.7 Å². The minimum Gasteiger partial charge on any atom is -0.392 e. The molecule has 0 aromatic heterocycles. The molecule has 116 valence electrons. The van der Waals surface area contributed by atoms with Crippen LogP contribution in [-0.4, -0.2) is 79.7 Å². The largest absolute Gasteiger partial charge is 0.401 e. The minimum absolute atomic E-state index is 0.0553. The lowest BCUT2D eigenvalue weighted by molar-refractivity contribution is -0.519. The molecule has 2 fully saturated rings. The number of nitrogens with zero attached hydrogens (tertiary/aromatic N) is 2. The number of carbonyl (C=O) groups excluding carboxylic acids is 1. The predicted octanol–water partition coefficient (Wildman–Crippen LogP) is -0.0283. The zero-order valence-electron chi connectivity index (χ0n) is 11.9. The summed E-state index contributed by atoms with van der Waals surface area (Å²) < 4.78 is 2.74. The van der Waals surface area contributed by atoms with Crippen molar-refractivity contribution in [2.24, 2.45) is 5.92 Å². The third-order valence-corrected chi connectivity index (χ3v) is 7.32. The number of carbonyl (C=O) groups is 1. The molecule has 21 heavy (non-hydrogen) atoms. The van der Waals surface area contributed by atoms with Crippen LogP contribution in [-0.2, 0) is 4.79 Å². The Balaban J connectivity index is 1.49. The highest BCUT2D eigenvalue weighted by Gasteiger charge is 2.61. The van der Waals surface area contributed by atoms with E-state index in [4.69, 9.17) is 12.2 Å². The van der Waals surface area contributed by atoms with Gasteiger partial charge in [-0.2, -0.15) is 4.58 Å². The minimum atomic E-state index is -0.562. The van der Waals surface area contributed by atoms with E-state index in [0.717, 1.165) is 36.3 Å². The molecule has 0 aromatic rings. The Kier molecular flexibility index (Phi) is 4.90. The summed E-state index contributed by atoms with van der Waals surface area (Å²) in [4.78, 5) is 14.1. The first kappa shape index (κ1) is 15.7. The van der Waals surface area contributed by atoms with Crippen molar-refractivity contribution in [2.75, 3.05) is 31.9 Å².